The molecule has 1 aromatic rings. The van der Waals surface area contributed by atoms with Gasteiger partial charge in [0, 0.05) is 0 Å². The third-order valence-electron chi connectivity index (χ3n) is 4.49. The van der Waals surface area contributed by atoms with Gasteiger partial charge in [-0.25, -0.2) is 0 Å². The fourth-order valence-electron chi connectivity index (χ4n) is 2.99. The molecule has 0 saturated heterocycles. The molecule has 0 spiro atoms. The highest BCUT2D eigenvalue weighted by Crippen LogP contribution is 2.42. The third-order valence-corrected chi connectivity index (χ3v) is 4.49. The van der Waals surface area contributed by atoms with Crippen LogP contribution in [0.25, 0.3) is 0 Å². The maximum Gasteiger partial charge on any atom is 0.161 e. The van der Waals surface area contributed by atoms with Crippen molar-refractivity contribution in [2.75, 3.05) is 13.2 Å². The summed E-state index contributed by atoms with van der Waals surface area (Å²) in [5.74, 6) is 1.55. The van der Waals surface area contributed by atoms with Crippen molar-refractivity contribution in [2.45, 2.75) is 64.4 Å². The van der Waals surface area contributed by atoms with Crippen molar-refractivity contribution < 1.29 is 14.6 Å². The molecule has 3 heteroatoms. The lowest BCUT2D eigenvalue weighted by molar-refractivity contribution is 0.0698. The first kappa shape index (κ1) is 17.9. The lowest BCUT2D eigenvalue weighted by atomic mass is 9.79. The van der Waals surface area contributed by atoms with E-state index in [9.17, 15) is 5.11 Å². The highest BCUT2D eigenvalue weighted by molar-refractivity contribution is 5.51. The van der Waals surface area contributed by atoms with Gasteiger partial charge in [0.25, 0.3) is 0 Å². The first-order valence-corrected chi connectivity index (χ1v) is 8.93. The molecule has 0 heterocycles. The number of ether oxygens (including phenoxy) is 2. The Morgan fingerprint density at radius 2 is 1.74 bits per heavy atom. The Balaban J connectivity index is 2.31. The molecule has 1 atom stereocenters. The van der Waals surface area contributed by atoms with Gasteiger partial charge in [-0.05, 0) is 55.4 Å². The van der Waals surface area contributed by atoms with Crippen molar-refractivity contribution in [1.82, 2.24) is 0 Å². The smallest absolute Gasteiger partial charge is 0.161 e. The average molecular weight is 318 g/mol. The van der Waals surface area contributed by atoms with E-state index in [1.54, 1.807) is 6.08 Å². The molecule has 0 radical (unpaired) electrons. The predicted octanol–water partition coefficient (Wildman–Crippen LogP) is 4.75. The maximum absolute atomic E-state index is 10.8. The summed E-state index contributed by atoms with van der Waals surface area (Å²) < 4.78 is 11.9. The van der Waals surface area contributed by atoms with E-state index in [4.69, 9.17) is 9.47 Å². The molecule has 0 saturated carbocycles. The van der Waals surface area contributed by atoms with Gasteiger partial charge in [-0.3, -0.25) is 0 Å². The fourth-order valence-corrected chi connectivity index (χ4v) is 2.99. The van der Waals surface area contributed by atoms with Crippen molar-refractivity contribution in [3.63, 3.8) is 0 Å². The molecule has 1 unspecified atom stereocenters. The molecule has 1 N–H and O–H groups in total. The van der Waals surface area contributed by atoms with Crippen molar-refractivity contribution in [1.29, 1.82) is 0 Å². The molecular weight excluding hydrogens is 288 g/mol. The summed E-state index contributed by atoms with van der Waals surface area (Å²) in [7, 11) is 0. The van der Waals surface area contributed by atoms with E-state index >= 15 is 0 Å². The first-order chi connectivity index (χ1) is 11.1. The minimum absolute atomic E-state index is 0.673. The Morgan fingerprint density at radius 1 is 1.13 bits per heavy atom. The molecule has 2 rings (SSSR count). The van der Waals surface area contributed by atoms with Crippen LogP contribution in [0.2, 0.25) is 0 Å². The van der Waals surface area contributed by atoms with Gasteiger partial charge in [-0.1, -0.05) is 39.3 Å². The Hall–Kier alpha value is -1.48. The van der Waals surface area contributed by atoms with Crippen LogP contribution in [0.4, 0.5) is 0 Å². The summed E-state index contributed by atoms with van der Waals surface area (Å²) in [5, 5.41) is 10.8. The Bertz CT molecular complexity index is 524. The molecule has 0 aliphatic heterocycles. The number of aliphatic hydroxyl groups is 1. The van der Waals surface area contributed by atoms with Gasteiger partial charge in [-0.2, -0.15) is 0 Å². The summed E-state index contributed by atoms with van der Waals surface area (Å²) in [6, 6.07) is 4.02. The monoisotopic (exact) mass is 318 g/mol. The zero-order valence-electron chi connectivity index (χ0n) is 14.6. The largest absolute Gasteiger partial charge is 0.490 e. The van der Waals surface area contributed by atoms with Gasteiger partial charge in [0.2, 0.25) is 0 Å². The minimum Gasteiger partial charge on any atom is -0.490 e. The van der Waals surface area contributed by atoms with Gasteiger partial charge in [0.05, 0.1) is 13.2 Å². The van der Waals surface area contributed by atoms with Gasteiger partial charge in [-0.15, -0.1) is 0 Å². The van der Waals surface area contributed by atoms with Crippen LogP contribution in [0.1, 0.15) is 63.5 Å². The van der Waals surface area contributed by atoms with Crippen LogP contribution in [0.3, 0.4) is 0 Å². The van der Waals surface area contributed by atoms with Crippen LogP contribution in [-0.4, -0.2) is 18.3 Å². The molecule has 0 fully saturated rings. The molecular formula is C20H30O3. The van der Waals surface area contributed by atoms with Crippen LogP contribution in [0.15, 0.2) is 24.8 Å². The number of benzene rings is 1. The van der Waals surface area contributed by atoms with Crippen molar-refractivity contribution in [3.8, 4) is 11.5 Å². The summed E-state index contributed by atoms with van der Waals surface area (Å²) in [6.45, 7) is 9.49. The molecule has 3 nitrogen and oxygen atoms in total. The summed E-state index contributed by atoms with van der Waals surface area (Å²) in [6.07, 6.45) is 8.53. The second-order valence-corrected chi connectivity index (χ2v) is 6.34. The Kier molecular flexibility index (Phi) is 6.52. The molecule has 1 aliphatic rings. The van der Waals surface area contributed by atoms with Gasteiger partial charge in [0.1, 0.15) is 5.60 Å². The van der Waals surface area contributed by atoms with Gasteiger partial charge >= 0.3 is 0 Å². The lowest BCUT2D eigenvalue weighted by Gasteiger charge is -2.32. The van der Waals surface area contributed by atoms with Crippen LogP contribution >= 0.6 is 0 Å². The van der Waals surface area contributed by atoms with E-state index < -0.39 is 5.60 Å². The predicted molar refractivity (Wildman–Crippen MR) is 94.3 cm³/mol. The molecule has 128 valence electrons. The SMILES string of the molecule is C=CC1(O)CCCc2cc(OCCCC)c(OCCCC)cc21. The number of unbranched alkanes of at least 4 members (excludes halogenated alkanes) is 2. The Labute approximate surface area is 140 Å². The number of hydrogen-bond donors (Lipinski definition) is 1. The molecule has 0 amide bonds. The quantitative estimate of drug-likeness (QED) is 0.527. The number of hydrogen-bond acceptors (Lipinski definition) is 3. The molecule has 23 heavy (non-hydrogen) atoms. The topological polar surface area (TPSA) is 38.7 Å². The van der Waals surface area contributed by atoms with E-state index in [-0.39, 0.29) is 0 Å². The first-order valence-electron chi connectivity index (χ1n) is 8.93. The lowest BCUT2D eigenvalue weighted by Crippen LogP contribution is -2.28. The second-order valence-electron chi connectivity index (χ2n) is 6.34. The van der Waals surface area contributed by atoms with Gasteiger partial charge in [0.15, 0.2) is 11.5 Å². The highest BCUT2D eigenvalue weighted by atomic mass is 16.5. The summed E-state index contributed by atoms with van der Waals surface area (Å²) in [5.41, 5.74) is 1.12. The number of fused-ring (bicyclic) bond motifs is 1. The fraction of sp³-hybridized carbons (Fsp3) is 0.600. The maximum atomic E-state index is 10.8. The van der Waals surface area contributed by atoms with Gasteiger partial charge < -0.3 is 14.6 Å². The Morgan fingerprint density at radius 3 is 2.30 bits per heavy atom. The molecule has 0 aromatic heterocycles. The van der Waals surface area contributed by atoms with Crippen LogP contribution in [-0.2, 0) is 12.0 Å². The molecule has 0 bridgehead atoms. The number of aryl methyl sites for hydroxylation is 1. The van der Waals surface area contributed by atoms with E-state index in [1.165, 1.54) is 0 Å². The highest BCUT2D eigenvalue weighted by Gasteiger charge is 2.32. The second kappa shape index (κ2) is 8.39. The molecule has 1 aliphatic carbocycles. The van der Waals surface area contributed by atoms with Crippen molar-refractivity contribution in [3.05, 3.63) is 35.9 Å². The number of rotatable bonds is 9. The average Bonchev–Trinajstić information content (AvgIpc) is 2.56. The minimum atomic E-state index is -0.946. The summed E-state index contributed by atoms with van der Waals surface area (Å²) >= 11 is 0. The zero-order valence-corrected chi connectivity index (χ0v) is 14.6. The van der Waals surface area contributed by atoms with E-state index in [0.717, 1.165) is 61.2 Å². The van der Waals surface area contributed by atoms with E-state index in [2.05, 4.69) is 26.5 Å². The zero-order chi connectivity index (χ0) is 16.7. The standard InChI is InChI=1S/C20H30O3/c1-4-7-12-22-18-14-16-10-9-11-20(21,6-3)17(16)15-19(18)23-13-8-5-2/h6,14-15,21H,3-5,7-13H2,1-2H3. The van der Waals surface area contributed by atoms with Crippen LogP contribution in [0.5, 0.6) is 11.5 Å². The third kappa shape index (κ3) is 4.29. The van der Waals surface area contributed by atoms with Crippen molar-refractivity contribution in [2.24, 2.45) is 0 Å². The van der Waals surface area contributed by atoms with Crippen LogP contribution in [0, 0.1) is 0 Å². The summed E-state index contributed by atoms with van der Waals surface area (Å²) in [4.78, 5) is 0. The molecule has 1 aromatic carbocycles. The normalized spacial score (nSPS) is 20.0. The van der Waals surface area contributed by atoms with E-state index in [0.29, 0.717) is 19.6 Å². The van der Waals surface area contributed by atoms with Crippen molar-refractivity contribution >= 4 is 0 Å². The van der Waals surface area contributed by atoms with Crippen LogP contribution < -0.4 is 9.47 Å². The van der Waals surface area contributed by atoms with E-state index in [1.807, 2.05) is 6.07 Å².